The zero-order valence-corrected chi connectivity index (χ0v) is 27.6. The number of fused-ring (bicyclic) bond motifs is 1. The molecule has 4 aromatic rings. The molecule has 0 unspecified atom stereocenters. The van der Waals surface area contributed by atoms with Crippen LogP contribution < -0.4 is 14.8 Å². The van der Waals surface area contributed by atoms with Crippen LogP contribution in [-0.2, 0) is 16.4 Å². The Balaban J connectivity index is 0.969. The largest absolute Gasteiger partial charge is 0.573 e. The second kappa shape index (κ2) is 14.1. The average Bonchev–Trinajstić information content (AvgIpc) is 3.50. The lowest BCUT2D eigenvalue weighted by atomic mass is 10.0. The van der Waals surface area contributed by atoms with Crippen LogP contribution in [0.15, 0.2) is 82.1 Å². The van der Waals surface area contributed by atoms with Gasteiger partial charge in [0.1, 0.15) is 23.2 Å². The zero-order valence-electron chi connectivity index (χ0n) is 26.7. The number of nitrogens with zero attached hydrogens (tertiary/aromatic N) is 2. The predicted molar refractivity (Wildman–Crippen MR) is 174 cm³/mol. The molecule has 0 aliphatic carbocycles. The summed E-state index contributed by atoms with van der Waals surface area (Å²) < 4.78 is 76.3. The number of furan rings is 1. The number of carbonyl (C=O) groups excluding carboxylic acids is 2. The van der Waals surface area contributed by atoms with Gasteiger partial charge in [0.15, 0.2) is 15.6 Å². The minimum absolute atomic E-state index is 0.0598. The molecule has 0 saturated carbocycles. The normalized spacial score (nSPS) is 16.9. The summed E-state index contributed by atoms with van der Waals surface area (Å²) in [4.78, 5) is 30.5. The molecule has 1 aromatic heterocycles. The van der Waals surface area contributed by atoms with Crippen LogP contribution >= 0.6 is 0 Å². The molecule has 2 aliphatic heterocycles. The summed E-state index contributed by atoms with van der Waals surface area (Å²) in [7, 11) is -3.28. The number of benzene rings is 3. The van der Waals surface area contributed by atoms with Crippen LogP contribution in [0.4, 0.5) is 13.2 Å². The van der Waals surface area contributed by atoms with E-state index in [2.05, 4.69) is 15.0 Å². The number of alkyl halides is 3. The molecule has 260 valence electrons. The van der Waals surface area contributed by atoms with Crippen molar-refractivity contribution in [2.75, 3.05) is 32.4 Å². The molecule has 49 heavy (non-hydrogen) atoms. The van der Waals surface area contributed by atoms with E-state index in [0.717, 1.165) is 11.8 Å². The number of carbonyl (C=O) groups is 2. The molecular formula is C35H36F3N3O7S. The first-order chi connectivity index (χ1) is 23.3. The Morgan fingerprint density at radius 2 is 1.53 bits per heavy atom. The van der Waals surface area contributed by atoms with Crippen LogP contribution in [0.5, 0.6) is 11.5 Å². The Labute approximate surface area is 281 Å². The lowest BCUT2D eigenvalue weighted by Crippen LogP contribution is -2.44. The van der Waals surface area contributed by atoms with E-state index in [1.54, 1.807) is 53.4 Å². The molecular weight excluding hydrogens is 663 g/mol. The van der Waals surface area contributed by atoms with E-state index >= 15 is 0 Å². The molecule has 0 bridgehead atoms. The standard InChI is InChI=1S/C35H36F3N3O7S/c1-49(44,45)30-9-7-27(8-10-30)46-28-14-18-41(19-15-28)34(43)24-4-11-31-25(20-24)21-32(47-31)33(42)39-26-12-16-40(17-13-26)22-23-2-5-29(6-3-23)48-35(36,37)38/h2-11,20-21,26,28H,12-19,22H2,1H3,(H,39,42). The molecule has 3 heterocycles. The molecule has 1 N–H and O–H groups in total. The van der Waals surface area contributed by atoms with Crippen LogP contribution in [-0.4, -0.2) is 81.0 Å². The molecule has 2 fully saturated rings. The second-order valence-corrected chi connectivity index (χ2v) is 14.4. The maximum atomic E-state index is 13.3. The Morgan fingerprint density at radius 1 is 0.878 bits per heavy atom. The summed E-state index contributed by atoms with van der Waals surface area (Å²) in [6, 6.07) is 18.8. The van der Waals surface area contributed by atoms with Crippen molar-refractivity contribution in [3.05, 3.63) is 89.7 Å². The van der Waals surface area contributed by atoms with Crippen molar-refractivity contribution in [3.8, 4) is 11.5 Å². The maximum Gasteiger partial charge on any atom is 0.573 e. The third kappa shape index (κ3) is 8.92. The highest BCUT2D eigenvalue weighted by molar-refractivity contribution is 7.90. The lowest BCUT2D eigenvalue weighted by Gasteiger charge is -2.32. The molecule has 2 saturated heterocycles. The number of piperidine rings is 2. The third-order valence-corrected chi connectivity index (χ3v) is 9.89. The monoisotopic (exact) mass is 699 g/mol. The van der Waals surface area contributed by atoms with Crippen molar-refractivity contribution >= 4 is 32.6 Å². The van der Waals surface area contributed by atoms with Gasteiger partial charge in [-0.25, -0.2) is 8.42 Å². The van der Waals surface area contributed by atoms with Gasteiger partial charge in [0.05, 0.1) is 4.90 Å². The number of halogens is 3. The van der Waals surface area contributed by atoms with Gasteiger partial charge in [-0.3, -0.25) is 14.5 Å². The molecule has 0 atom stereocenters. The van der Waals surface area contributed by atoms with Gasteiger partial charge in [0.2, 0.25) is 0 Å². The smallest absolute Gasteiger partial charge is 0.490 e. The van der Waals surface area contributed by atoms with Gasteiger partial charge in [0.25, 0.3) is 11.8 Å². The molecule has 6 rings (SSSR count). The van der Waals surface area contributed by atoms with Crippen molar-refractivity contribution in [2.24, 2.45) is 0 Å². The van der Waals surface area contributed by atoms with E-state index in [4.69, 9.17) is 9.15 Å². The summed E-state index contributed by atoms with van der Waals surface area (Å²) in [6.07, 6.45) is -0.997. The summed E-state index contributed by atoms with van der Waals surface area (Å²) >= 11 is 0. The Hall–Kier alpha value is -4.56. The van der Waals surface area contributed by atoms with Gasteiger partial charge >= 0.3 is 6.36 Å². The van der Waals surface area contributed by atoms with Crippen molar-refractivity contribution in [2.45, 2.75) is 55.6 Å². The average molecular weight is 700 g/mol. The molecule has 2 amide bonds. The number of hydrogen-bond donors (Lipinski definition) is 1. The van der Waals surface area contributed by atoms with Gasteiger partial charge in [0, 0.05) is 68.8 Å². The van der Waals surface area contributed by atoms with Gasteiger partial charge in [-0.15, -0.1) is 13.2 Å². The van der Waals surface area contributed by atoms with Crippen molar-refractivity contribution in [1.29, 1.82) is 0 Å². The number of ether oxygens (including phenoxy) is 2. The maximum absolute atomic E-state index is 13.3. The predicted octanol–water partition coefficient (Wildman–Crippen LogP) is 5.81. The summed E-state index contributed by atoms with van der Waals surface area (Å²) in [5, 5.41) is 3.68. The van der Waals surface area contributed by atoms with Crippen molar-refractivity contribution in [3.63, 3.8) is 0 Å². The van der Waals surface area contributed by atoms with Gasteiger partial charge in [-0.1, -0.05) is 12.1 Å². The number of likely N-dealkylation sites (tertiary alicyclic amines) is 2. The van der Waals surface area contributed by atoms with Crippen molar-refractivity contribution < 1.29 is 45.1 Å². The third-order valence-electron chi connectivity index (χ3n) is 8.76. The van der Waals surface area contributed by atoms with Gasteiger partial charge in [-0.05, 0) is 79.1 Å². The zero-order chi connectivity index (χ0) is 34.8. The van der Waals surface area contributed by atoms with E-state index in [-0.39, 0.29) is 40.4 Å². The van der Waals surface area contributed by atoms with E-state index in [0.29, 0.717) is 80.7 Å². The molecule has 0 radical (unpaired) electrons. The highest BCUT2D eigenvalue weighted by Crippen LogP contribution is 2.26. The Bertz CT molecular complexity index is 1900. The first-order valence-electron chi connectivity index (χ1n) is 16.0. The first kappa shape index (κ1) is 34.3. The minimum atomic E-state index is -4.73. The lowest BCUT2D eigenvalue weighted by molar-refractivity contribution is -0.274. The number of amides is 2. The quantitative estimate of drug-likeness (QED) is 0.233. The number of sulfone groups is 1. The molecule has 0 spiro atoms. The first-order valence-corrected chi connectivity index (χ1v) is 17.9. The molecule has 10 nitrogen and oxygen atoms in total. The molecule has 2 aliphatic rings. The second-order valence-electron chi connectivity index (χ2n) is 12.4. The summed E-state index contributed by atoms with van der Waals surface area (Å²) in [5.41, 5.74) is 1.86. The fraction of sp³-hybridized carbons (Fsp3) is 0.371. The SMILES string of the molecule is CS(=O)(=O)c1ccc(OC2CCN(C(=O)c3ccc4oc(C(=O)NC5CCN(Cc6ccc(OC(F)(F)F)cc6)CC5)cc4c3)CC2)cc1. The van der Waals surface area contributed by atoms with Crippen LogP contribution in [0.2, 0.25) is 0 Å². The Morgan fingerprint density at radius 3 is 2.16 bits per heavy atom. The van der Waals surface area contributed by atoms with E-state index in [9.17, 15) is 31.2 Å². The van der Waals surface area contributed by atoms with Gasteiger partial charge < -0.3 is 24.1 Å². The van der Waals surface area contributed by atoms with Crippen LogP contribution in [0, 0.1) is 0 Å². The van der Waals surface area contributed by atoms with Crippen LogP contribution in [0.3, 0.4) is 0 Å². The van der Waals surface area contributed by atoms with Crippen LogP contribution in [0.25, 0.3) is 11.0 Å². The Kier molecular flexibility index (Phi) is 9.89. The topological polar surface area (TPSA) is 118 Å². The summed E-state index contributed by atoms with van der Waals surface area (Å²) in [6.45, 7) is 3.00. The number of hydrogen-bond acceptors (Lipinski definition) is 8. The fourth-order valence-corrected chi connectivity index (χ4v) is 6.78. The molecule has 14 heteroatoms. The highest BCUT2D eigenvalue weighted by atomic mass is 32.2. The molecule has 3 aromatic carbocycles. The summed E-state index contributed by atoms with van der Waals surface area (Å²) in [5.74, 6) is 0.0236. The van der Waals surface area contributed by atoms with E-state index < -0.39 is 16.2 Å². The minimum Gasteiger partial charge on any atom is -0.490 e. The number of nitrogens with one attached hydrogen (secondary N) is 1. The van der Waals surface area contributed by atoms with E-state index in [1.165, 1.54) is 24.3 Å². The van der Waals surface area contributed by atoms with Gasteiger partial charge in [-0.2, -0.15) is 0 Å². The van der Waals surface area contributed by atoms with Crippen LogP contribution in [0.1, 0.15) is 52.2 Å². The van der Waals surface area contributed by atoms with Crippen molar-refractivity contribution in [1.82, 2.24) is 15.1 Å². The number of rotatable bonds is 9. The van der Waals surface area contributed by atoms with E-state index in [1.807, 2.05) is 0 Å². The highest BCUT2D eigenvalue weighted by Gasteiger charge is 2.31. The fourth-order valence-electron chi connectivity index (χ4n) is 6.15.